The summed E-state index contributed by atoms with van der Waals surface area (Å²) in [5, 5.41) is 0. The molecule has 7 rings (SSSR count). The van der Waals surface area contributed by atoms with E-state index in [9.17, 15) is 0 Å². The Kier molecular flexibility index (Phi) is 7.69. The van der Waals surface area contributed by atoms with E-state index in [1.54, 1.807) is 0 Å². The minimum absolute atomic E-state index is 0.552. The molecule has 2 aromatic heterocycles. The topological polar surface area (TPSA) is 58.5 Å². The van der Waals surface area contributed by atoms with E-state index in [-0.39, 0.29) is 0 Å². The summed E-state index contributed by atoms with van der Waals surface area (Å²) in [7, 11) is 8.14. The van der Waals surface area contributed by atoms with Crippen LogP contribution in [0.1, 0.15) is 0 Å². The molecule has 0 aliphatic rings. The van der Waals surface area contributed by atoms with Gasteiger partial charge in [0.15, 0.2) is 11.5 Å². The molecule has 7 aromatic rings. The summed E-state index contributed by atoms with van der Waals surface area (Å²) in [5.41, 5.74) is 9.54. The summed E-state index contributed by atoms with van der Waals surface area (Å²) in [6.07, 6.45) is 0. The van der Waals surface area contributed by atoms with Gasteiger partial charge >= 0.3 is 0 Å². The van der Waals surface area contributed by atoms with Crippen LogP contribution in [-0.4, -0.2) is 38.2 Å². The van der Waals surface area contributed by atoms with Gasteiger partial charge in [0, 0.05) is 72.9 Å². The standard InChI is InChI=1S/C40H34N4O2/c1-43(2)33-23-19-27(20-24-33)35-37(29-11-7-5-8-12-29)45-39(41-35)31-15-17-32(18-16-31)40-42-36(28-21-25-34(26-22-28)44(3)4)38(46-40)30-13-9-6-10-14-30/h5-26H,1-4H3. The van der Waals surface area contributed by atoms with Crippen LogP contribution in [0.3, 0.4) is 0 Å². The van der Waals surface area contributed by atoms with Crippen molar-refractivity contribution in [1.29, 1.82) is 0 Å². The van der Waals surface area contributed by atoms with E-state index in [0.717, 1.165) is 67.7 Å². The number of hydrogen-bond donors (Lipinski definition) is 0. The molecule has 2 heterocycles. The average Bonchev–Trinajstić information content (AvgIpc) is 3.76. The second kappa shape index (κ2) is 12.3. The van der Waals surface area contributed by atoms with Crippen molar-refractivity contribution in [3.05, 3.63) is 133 Å². The Morgan fingerprint density at radius 1 is 0.370 bits per heavy atom. The van der Waals surface area contributed by atoms with Gasteiger partial charge < -0.3 is 18.6 Å². The van der Waals surface area contributed by atoms with E-state index in [1.807, 2.05) is 113 Å². The highest BCUT2D eigenvalue weighted by molar-refractivity contribution is 5.81. The Bertz CT molecular complexity index is 1910. The van der Waals surface area contributed by atoms with Gasteiger partial charge in [-0.3, -0.25) is 0 Å². The first-order valence-corrected chi connectivity index (χ1v) is 15.2. The molecule has 0 aliphatic heterocycles. The highest BCUT2D eigenvalue weighted by Gasteiger charge is 2.21. The number of aromatic nitrogens is 2. The highest BCUT2D eigenvalue weighted by Crippen LogP contribution is 2.39. The van der Waals surface area contributed by atoms with Gasteiger partial charge in [-0.15, -0.1) is 0 Å². The summed E-state index contributed by atoms with van der Waals surface area (Å²) in [6, 6.07) is 45.0. The second-order valence-electron chi connectivity index (χ2n) is 11.6. The first-order valence-electron chi connectivity index (χ1n) is 15.2. The Labute approximate surface area is 269 Å². The van der Waals surface area contributed by atoms with E-state index >= 15 is 0 Å². The molecule has 0 amide bonds. The van der Waals surface area contributed by atoms with Crippen molar-refractivity contribution in [2.45, 2.75) is 0 Å². The largest absolute Gasteiger partial charge is 0.435 e. The molecule has 0 aliphatic carbocycles. The molecule has 0 bridgehead atoms. The molecule has 0 radical (unpaired) electrons. The first-order chi connectivity index (χ1) is 22.4. The third-order valence-electron chi connectivity index (χ3n) is 8.02. The Morgan fingerprint density at radius 3 is 1.02 bits per heavy atom. The first kappa shape index (κ1) is 28.9. The van der Waals surface area contributed by atoms with E-state index in [1.165, 1.54) is 0 Å². The van der Waals surface area contributed by atoms with Gasteiger partial charge in [-0.05, 0) is 48.5 Å². The maximum Gasteiger partial charge on any atom is 0.227 e. The van der Waals surface area contributed by atoms with Crippen molar-refractivity contribution < 1.29 is 8.83 Å². The van der Waals surface area contributed by atoms with Gasteiger partial charge in [-0.2, -0.15) is 0 Å². The van der Waals surface area contributed by atoms with Crippen LogP contribution < -0.4 is 9.80 Å². The van der Waals surface area contributed by atoms with Gasteiger partial charge in [-0.25, -0.2) is 9.97 Å². The van der Waals surface area contributed by atoms with Crippen LogP contribution in [0.2, 0.25) is 0 Å². The Morgan fingerprint density at radius 2 is 0.696 bits per heavy atom. The van der Waals surface area contributed by atoms with Crippen molar-refractivity contribution in [2.24, 2.45) is 0 Å². The fourth-order valence-electron chi connectivity index (χ4n) is 5.44. The Hall–Kier alpha value is -5.88. The zero-order valence-electron chi connectivity index (χ0n) is 26.3. The zero-order valence-corrected chi connectivity index (χ0v) is 26.3. The SMILES string of the molecule is CN(C)c1ccc(-c2nc(-c3ccc(-c4nc(-c5ccc(N(C)C)cc5)c(-c5ccccc5)o4)cc3)oc2-c2ccccc2)cc1. The minimum atomic E-state index is 0.552. The maximum atomic E-state index is 6.47. The summed E-state index contributed by atoms with van der Waals surface area (Å²) < 4.78 is 12.9. The molecule has 0 unspecified atom stereocenters. The van der Waals surface area contributed by atoms with E-state index < -0.39 is 0 Å². The normalized spacial score (nSPS) is 11.0. The smallest absolute Gasteiger partial charge is 0.227 e. The summed E-state index contributed by atoms with van der Waals surface area (Å²) >= 11 is 0. The van der Waals surface area contributed by atoms with Crippen LogP contribution in [0.25, 0.3) is 68.1 Å². The van der Waals surface area contributed by atoms with Crippen LogP contribution >= 0.6 is 0 Å². The molecule has 0 atom stereocenters. The van der Waals surface area contributed by atoms with Crippen LogP contribution in [0.5, 0.6) is 0 Å². The Balaban J connectivity index is 1.25. The van der Waals surface area contributed by atoms with Gasteiger partial charge in [0.25, 0.3) is 0 Å². The van der Waals surface area contributed by atoms with Crippen molar-refractivity contribution in [3.8, 4) is 68.1 Å². The van der Waals surface area contributed by atoms with Crippen molar-refractivity contribution in [2.75, 3.05) is 38.0 Å². The fourth-order valence-corrected chi connectivity index (χ4v) is 5.44. The van der Waals surface area contributed by atoms with Crippen LogP contribution in [0, 0.1) is 0 Å². The lowest BCUT2D eigenvalue weighted by molar-refractivity contribution is 0.587. The summed E-state index contributed by atoms with van der Waals surface area (Å²) in [6.45, 7) is 0. The predicted octanol–water partition coefficient (Wildman–Crippen LogP) is 9.80. The number of nitrogens with zero attached hydrogens (tertiary/aromatic N) is 4. The molecule has 5 aromatic carbocycles. The lowest BCUT2D eigenvalue weighted by Gasteiger charge is -2.12. The molecule has 6 heteroatoms. The van der Waals surface area contributed by atoms with Crippen molar-refractivity contribution in [3.63, 3.8) is 0 Å². The molecular formula is C40H34N4O2. The number of hydrogen-bond acceptors (Lipinski definition) is 6. The average molecular weight is 603 g/mol. The third-order valence-corrected chi connectivity index (χ3v) is 8.02. The predicted molar refractivity (Wildman–Crippen MR) is 188 cm³/mol. The lowest BCUT2D eigenvalue weighted by atomic mass is 10.1. The summed E-state index contributed by atoms with van der Waals surface area (Å²) in [4.78, 5) is 14.2. The fraction of sp³-hybridized carbons (Fsp3) is 0.100. The quantitative estimate of drug-likeness (QED) is 0.173. The molecule has 0 N–H and O–H groups in total. The number of oxazole rings is 2. The monoisotopic (exact) mass is 602 g/mol. The van der Waals surface area contributed by atoms with Gasteiger partial charge in [-0.1, -0.05) is 84.9 Å². The van der Waals surface area contributed by atoms with Crippen LogP contribution in [-0.2, 0) is 0 Å². The molecule has 0 saturated carbocycles. The molecule has 0 spiro atoms. The van der Waals surface area contributed by atoms with Crippen molar-refractivity contribution >= 4 is 11.4 Å². The number of benzene rings is 5. The molecule has 6 nitrogen and oxygen atoms in total. The molecular weight excluding hydrogens is 568 g/mol. The molecule has 226 valence electrons. The molecule has 0 fully saturated rings. The van der Waals surface area contributed by atoms with E-state index in [2.05, 4.69) is 58.3 Å². The van der Waals surface area contributed by atoms with Gasteiger partial charge in [0.2, 0.25) is 11.8 Å². The van der Waals surface area contributed by atoms with Crippen LogP contribution in [0.15, 0.2) is 142 Å². The van der Waals surface area contributed by atoms with Crippen molar-refractivity contribution in [1.82, 2.24) is 9.97 Å². The van der Waals surface area contributed by atoms with E-state index in [0.29, 0.717) is 11.8 Å². The highest BCUT2D eigenvalue weighted by atomic mass is 16.4. The summed E-state index contributed by atoms with van der Waals surface area (Å²) in [5.74, 6) is 2.58. The van der Waals surface area contributed by atoms with Gasteiger partial charge in [0.05, 0.1) is 0 Å². The third kappa shape index (κ3) is 5.69. The number of anilines is 2. The maximum absolute atomic E-state index is 6.47. The lowest BCUT2D eigenvalue weighted by Crippen LogP contribution is -2.07. The molecule has 46 heavy (non-hydrogen) atoms. The molecule has 0 saturated heterocycles. The second-order valence-corrected chi connectivity index (χ2v) is 11.6. The minimum Gasteiger partial charge on any atom is -0.435 e. The van der Waals surface area contributed by atoms with Gasteiger partial charge in [0.1, 0.15) is 11.4 Å². The van der Waals surface area contributed by atoms with Crippen LogP contribution in [0.4, 0.5) is 11.4 Å². The zero-order chi connectivity index (χ0) is 31.6. The number of rotatable bonds is 8. The van der Waals surface area contributed by atoms with E-state index in [4.69, 9.17) is 18.8 Å².